The molecule has 2 fully saturated rings. The topological polar surface area (TPSA) is 9.23 Å². The summed E-state index contributed by atoms with van der Waals surface area (Å²) in [5.41, 5.74) is 5.31. The van der Waals surface area contributed by atoms with Crippen LogP contribution in [0.4, 0.5) is 0 Å². The number of hydrogen-bond donors (Lipinski definition) is 0. The normalized spacial score (nSPS) is 23.4. The van der Waals surface area contributed by atoms with Crippen molar-refractivity contribution in [1.29, 1.82) is 0 Å². The predicted octanol–water partition coefficient (Wildman–Crippen LogP) is 10.6. The van der Waals surface area contributed by atoms with E-state index in [2.05, 4.69) is 79.7 Å². The molecule has 196 valence electrons. The fourth-order valence-electron chi connectivity index (χ4n) is 7.02. The summed E-state index contributed by atoms with van der Waals surface area (Å²) in [5.74, 6) is 4.68. The molecule has 0 bridgehead atoms. The Balaban J connectivity index is 1.09. The van der Waals surface area contributed by atoms with Gasteiger partial charge in [0.05, 0.1) is 0 Å². The molecule has 4 atom stereocenters. The first kappa shape index (κ1) is 26.1. The van der Waals surface area contributed by atoms with Crippen LogP contribution in [-0.2, 0) is 6.61 Å². The van der Waals surface area contributed by atoms with Crippen molar-refractivity contribution in [2.75, 3.05) is 0 Å². The van der Waals surface area contributed by atoms with Crippen LogP contribution in [0.2, 0.25) is 0 Å². The summed E-state index contributed by atoms with van der Waals surface area (Å²) in [6.45, 7) is 2.92. The van der Waals surface area contributed by atoms with Crippen molar-refractivity contribution in [3.63, 3.8) is 0 Å². The van der Waals surface area contributed by atoms with Crippen LogP contribution in [0.1, 0.15) is 101 Å². The standard InChI is InChI=1S/C36H46O/c1-2-3-4-5-7-10-28-13-14-35-26-34(20-19-33(35)25-28)32-17-15-30(16-18-32)31-21-23-36(24-22-31)37-27-29-11-8-6-9-12-29/h6,8-9,11-12,15-18,21-24,28,33-35H,2-5,7,10,13-14,19-20,25-27H2,1H3/t28?,33-,34-,35-/m1/s1. The smallest absolute Gasteiger partial charge is 0.119 e. The lowest BCUT2D eigenvalue weighted by Gasteiger charge is -2.42. The quantitative estimate of drug-likeness (QED) is 0.241. The van der Waals surface area contributed by atoms with Gasteiger partial charge in [-0.3, -0.25) is 0 Å². The maximum atomic E-state index is 5.96. The molecule has 1 heteroatoms. The highest BCUT2D eigenvalue weighted by molar-refractivity contribution is 5.64. The van der Waals surface area contributed by atoms with Crippen molar-refractivity contribution in [3.05, 3.63) is 90.0 Å². The molecule has 0 saturated heterocycles. The molecule has 0 heterocycles. The lowest BCUT2D eigenvalue weighted by Crippen LogP contribution is -2.30. The number of benzene rings is 3. The van der Waals surface area contributed by atoms with Gasteiger partial charge in [0.15, 0.2) is 0 Å². The third-order valence-corrected chi connectivity index (χ3v) is 9.26. The summed E-state index contributed by atoms with van der Waals surface area (Å²) >= 11 is 0. The van der Waals surface area contributed by atoms with Gasteiger partial charge in [0, 0.05) is 0 Å². The van der Waals surface area contributed by atoms with E-state index in [0.29, 0.717) is 6.61 Å². The Labute approximate surface area is 225 Å². The molecule has 0 N–H and O–H groups in total. The number of fused-ring (bicyclic) bond motifs is 1. The highest BCUT2D eigenvalue weighted by Crippen LogP contribution is 2.48. The molecule has 0 spiro atoms. The minimum atomic E-state index is 0.609. The first-order chi connectivity index (χ1) is 18.3. The number of ether oxygens (including phenoxy) is 1. The molecule has 0 radical (unpaired) electrons. The van der Waals surface area contributed by atoms with Gasteiger partial charge in [-0.2, -0.15) is 0 Å². The third-order valence-electron chi connectivity index (χ3n) is 9.26. The van der Waals surface area contributed by atoms with Crippen LogP contribution in [-0.4, -0.2) is 0 Å². The zero-order valence-electron chi connectivity index (χ0n) is 22.9. The van der Waals surface area contributed by atoms with Crippen LogP contribution in [0.15, 0.2) is 78.9 Å². The molecule has 3 aromatic rings. The van der Waals surface area contributed by atoms with E-state index >= 15 is 0 Å². The maximum absolute atomic E-state index is 5.96. The molecule has 2 aliphatic carbocycles. The molecule has 1 unspecified atom stereocenters. The van der Waals surface area contributed by atoms with Gasteiger partial charge in [-0.15, -0.1) is 0 Å². The summed E-state index contributed by atoms with van der Waals surface area (Å²) in [6, 6.07) is 28.4. The molecule has 0 aromatic heterocycles. The zero-order chi connectivity index (χ0) is 25.3. The highest BCUT2D eigenvalue weighted by Gasteiger charge is 2.35. The van der Waals surface area contributed by atoms with E-state index in [9.17, 15) is 0 Å². The molecule has 1 nitrogen and oxygen atoms in total. The van der Waals surface area contributed by atoms with Gasteiger partial charge >= 0.3 is 0 Å². The lowest BCUT2D eigenvalue weighted by atomic mass is 9.63. The first-order valence-electron chi connectivity index (χ1n) is 15.2. The minimum absolute atomic E-state index is 0.609. The highest BCUT2D eigenvalue weighted by atomic mass is 16.5. The molecule has 37 heavy (non-hydrogen) atoms. The summed E-state index contributed by atoms with van der Waals surface area (Å²) in [6.07, 6.45) is 17.4. The van der Waals surface area contributed by atoms with Crippen molar-refractivity contribution in [3.8, 4) is 16.9 Å². The Morgan fingerprint density at radius 3 is 2.08 bits per heavy atom. The monoisotopic (exact) mass is 494 g/mol. The Kier molecular flexibility index (Phi) is 9.38. The third kappa shape index (κ3) is 7.28. The fourth-order valence-corrected chi connectivity index (χ4v) is 7.02. The van der Waals surface area contributed by atoms with E-state index in [-0.39, 0.29) is 0 Å². The van der Waals surface area contributed by atoms with Crippen molar-refractivity contribution in [2.45, 2.75) is 96.5 Å². The molecule has 3 aromatic carbocycles. The number of rotatable bonds is 11. The van der Waals surface area contributed by atoms with Crippen molar-refractivity contribution in [1.82, 2.24) is 0 Å². The first-order valence-corrected chi connectivity index (χ1v) is 15.2. The minimum Gasteiger partial charge on any atom is -0.489 e. The Hall–Kier alpha value is -2.54. The average Bonchev–Trinajstić information content (AvgIpc) is 2.96. The molecular formula is C36H46O. The molecule has 2 aliphatic rings. The SMILES string of the molecule is CCCCCCCC1CC[C@@H]2C[C@H](c3ccc(-c4ccc(OCc5ccccc5)cc4)cc3)CC[C@@H]2C1. The van der Waals surface area contributed by atoms with Gasteiger partial charge in [-0.05, 0) is 90.2 Å². The summed E-state index contributed by atoms with van der Waals surface area (Å²) in [4.78, 5) is 0. The van der Waals surface area contributed by atoms with Gasteiger partial charge in [0.1, 0.15) is 12.4 Å². The Morgan fingerprint density at radius 1 is 0.649 bits per heavy atom. The van der Waals surface area contributed by atoms with E-state index in [1.807, 2.05) is 6.07 Å². The fraction of sp³-hybridized carbons (Fsp3) is 0.500. The van der Waals surface area contributed by atoms with Crippen LogP contribution in [0, 0.1) is 17.8 Å². The molecule has 0 aliphatic heterocycles. The second kappa shape index (κ2) is 13.3. The summed E-state index contributed by atoms with van der Waals surface area (Å²) in [5, 5.41) is 0. The van der Waals surface area contributed by atoms with Gasteiger partial charge in [-0.1, -0.05) is 119 Å². The molecule has 5 rings (SSSR count). The van der Waals surface area contributed by atoms with Crippen molar-refractivity contribution >= 4 is 0 Å². The largest absolute Gasteiger partial charge is 0.489 e. The average molecular weight is 495 g/mol. The lowest BCUT2D eigenvalue weighted by molar-refractivity contribution is 0.113. The number of unbranched alkanes of at least 4 members (excludes halogenated alkanes) is 4. The molecule has 2 saturated carbocycles. The van der Waals surface area contributed by atoms with E-state index in [1.165, 1.54) is 93.7 Å². The second-order valence-corrected chi connectivity index (χ2v) is 11.8. The van der Waals surface area contributed by atoms with Crippen LogP contribution in [0.5, 0.6) is 5.75 Å². The van der Waals surface area contributed by atoms with E-state index in [0.717, 1.165) is 29.4 Å². The van der Waals surface area contributed by atoms with Gasteiger partial charge in [-0.25, -0.2) is 0 Å². The van der Waals surface area contributed by atoms with Gasteiger partial charge in [0.2, 0.25) is 0 Å². The maximum Gasteiger partial charge on any atom is 0.119 e. The van der Waals surface area contributed by atoms with Crippen LogP contribution < -0.4 is 4.74 Å². The van der Waals surface area contributed by atoms with Gasteiger partial charge in [0.25, 0.3) is 0 Å². The molecular weight excluding hydrogens is 448 g/mol. The van der Waals surface area contributed by atoms with Crippen LogP contribution in [0.3, 0.4) is 0 Å². The van der Waals surface area contributed by atoms with E-state index < -0.39 is 0 Å². The number of hydrogen-bond acceptors (Lipinski definition) is 1. The summed E-state index contributed by atoms with van der Waals surface area (Å²) in [7, 11) is 0. The summed E-state index contributed by atoms with van der Waals surface area (Å²) < 4.78 is 5.96. The van der Waals surface area contributed by atoms with Crippen molar-refractivity contribution in [2.24, 2.45) is 17.8 Å². The van der Waals surface area contributed by atoms with Crippen LogP contribution >= 0.6 is 0 Å². The van der Waals surface area contributed by atoms with Crippen LogP contribution in [0.25, 0.3) is 11.1 Å². The Bertz CT molecular complexity index is 1050. The van der Waals surface area contributed by atoms with Crippen molar-refractivity contribution < 1.29 is 4.74 Å². The van der Waals surface area contributed by atoms with E-state index in [4.69, 9.17) is 4.74 Å². The van der Waals surface area contributed by atoms with E-state index in [1.54, 1.807) is 5.56 Å². The molecule has 0 amide bonds. The van der Waals surface area contributed by atoms with Gasteiger partial charge < -0.3 is 4.74 Å². The zero-order valence-corrected chi connectivity index (χ0v) is 22.9. The Morgan fingerprint density at radius 2 is 1.32 bits per heavy atom. The second-order valence-electron chi connectivity index (χ2n) is 11.8. The predicted molar refractivity (Wildman–Crippen MR) is 157 cm³/mol.